The lowest BCUT2D eigenvalue weighted by Crippen LogP contribution is -2.14. The monoisotopic (exact) mass is 405 g/mol. The van der Waals surface area contributed by atoms with Gasteiger partial charge in [-0.25, -0.2) is 4.98 Å². The number of amides is 1. The van der Waals surface area contributed by atoms with E-state index in [2.05, 4.69) is 15.6 Å². The minimum absolute atomic E-state index is 0. The van der Waals surface area contributed by atoms with Crippen molar-refractivity contribution in [1.82, 2.24) is 10.3 Å². The van der Waals surface area contributed by atoms with E-state index >= 15 is 0 Å². The van der Waals surface area contributed by atoms with E-state index in [1.807, 2.05) is 0 Å². The van der Waals surface area contributed by atoms with Gasteiger partial charge in [-0.3, -0.25) is 4.79 Å². The number of alkyl halides is 3. The summed E-state index contributed by atoms with van der Waals surface area (Å²) in [6.07, 6.45) is -2.18. The second-order valence-electron chi connectivity index (χ2n) is 6.03. The Bertz CT molecular complexity index is 745. The third-order valence-electron chi connectivity index (χ3n) is 4.20. The van der Waals surface area contributed by atoms with Crippen LogP contribution in [0.15, 0.2) is 29.6 Å². The molecule has 1 saturated heterocycles. The summed E-state index contributed by atoms with van der Waals surface area (Å²) < 4.78 is 39.3. The van der Waals surface area contributed by atoms with Crippen LogP contribution in [0, 0.1) is 5.92 Å². The Morgan fingerprint density at radius 2 is 2.12 bits per heavy atom. The van der Waals surface area contributed by atoms with Gasteiger partial charge < -0.3 is 10.6 Å². The molecule has 0 aliphatic carbocycles. The fourth-order valence-electron chi connectivity index (χ4n) is 2.89. The standard InChI is InChI=1S/C17H18F3N3OS.ClH/c18-17(19,20)13-4-2-1-3-12(13)14-10-25-16(22-14)23-15(24)6-5-11-7-8-21-9-11;/h1-4,10-11,21H,5-9H2,(H,22,23,24);1H. The van der Waals surface area contributed by atoms with Crippen LogP contribution >= 0.6 is 23.7 Å². The lowest BCUT2D eigenvalue weighted by molar-refractivity contribution is -0.137. The molecular weight excluding hydrogens is 387 g/mol. The molecule has 1 amide bonds. The first-order valence-corrected chi connectivity index (χ1v) is 8.94. The molecule has 1 aromatic heterocycles. The first kappa shape index (κ1) is 20.7. The highest BCUT2D eigenvalue weighted by Crippen LogP contribution is 2.37. The number of nitrogens with one attached hydrogen (secondary N) is 2. The summed E-state index contributed by atoms with van der Waals surface area (Å²) in [5, 5.41) is 7.78. The van der Waals surface area contributed by atoms with E-state index in [1.54, 1.807) is 0 Å². The minimum Gasteiger partial charge on any atom is -0.316 e. The van der Waals surface area contributed by atoms with Gasteiger partial charge in [0.05, 0.1) is 11.3 Å². The fourth-order valence-corrected chi connectivity index (χ4v) is 3.61. The second kappa shape index (κ2) is 8.83. The predicted molar refractivity (Wildman–Crippen MR) is 98.6 cm³/mol. The van der Waals surface area contributed by atoms with Crippen molar-refractivity contribution in [1.29, 1.82) is 0 Å². The molecule has 2 N–H and O–H groups in total. The second-order valence-corrected chi connectivity index (χ2v) is 6.89. The maximum Gasteiger partial charge on any atom is 0.417 e. The van der Waals surface area contributed by atoms with E-state index in [0.29, 0.717) is 17.5 Å². The van der Waals surface area contributed by atoms with E-state index in [-0.39, 0.29) is 29.6 Å². The van der Waals surface area contributed by atoms with Crippen molar-refractivity contribution < 1.29 is 18.0 Å². The molecule has 0 bridgehead atoms. The molecule has 0 radical (unpaired) electrons. The van der Waals surface area contributed by atoms with E-state index in [9.17, 15) is 18.0 Å². The number of nitrogens with zero attached hydrogens (tertiary/aromatic N) is 1. The van der Waals surface area contributed by atoms with Gasteiger partial charge in [0.25, 0.3) is 0 Å². The number of carbonyl (C=O) groups excluding carboxylic acids is 1. The van der Waals surface area contributed by atoms with Crippen LogP contribution in [0.4, 0.5) is 18.3 Å². The Hall–Kier alpha value is -1.64. The van der Waals surface area contributed by atoms with Crippen LogP contribution in [0.2, 0.25) is 0 Å². The molecule has 4 nitrogen and oxygen atoms in total. The zero-order valence-corrected chi connectivity index (χ0v) is 15.4. The molecule has 1 aliphatic heterocycles. The number of carbonyl (C=O) groups is 1. The Kier molecular flexibility index (Phi) is 7.02. The topological polar surface area (TPSA) is 54.0 Å². The lowest BCUT2D eigenvalue weighted by atomic mass is 10.0. The highest BCUT2D eigenvalue weighted by molar-refractivity contribution is 7.14. The summed E-state index contributed by atoms with van der Waals surface area (Å²) in [4.78, 5) is 16.1. The van der Waals surface area contributed by atoms with Gasteiger partial charge in [0, 0.05) is 17.4 Å². The first-order valence-electron chi connectivity index (χ1n) is 8.06. The third kappa shape index (κ3) is 5.18. The van der Waals surface area contributed by atoms with Crippen LogP contribution < -0.4 is 10.6 Å². The van der Waals surface area contributed by atoms with Crippen LogP contribution in [0.3, 0.4) is 0 Å². The van der Waals surface area contributed by atoms with Gasteiger partial charge >= 0.3 is 6.18 Å². The Morgan fingerprint density at radius 1 is 1.35 bits per heavy atom. The van der Waals surface area contributed by atoms with Crippen molar-refractivity contribution in [2.75, 3.05) is 18.4 Å². The molecule has 9 heteroatoms. The number of hydrogen-bond acceptors (Lipinski definition) is 4. The maximum atomic E-state index is 13.1. The quantitative estimate of drug-likeness (QED) is 0.765. The summed E-state index contributed by atoms with van der Waals surface area (Å²) in [6.45, 7) is 1.92. The molecule has 142 valence electrons. The molecule has 3 rings (SSSR count). The van der Waals surface area contributed by atoms with Crippen molar-refractivity contribution in [3.8, 4) is 11.3 Å². The number of rotatable bonds is 5. The summed E-state index contributed by atoms with van der Waals surface area (Å²) in [7, 11) is 0. The van der Waals surface area contributed by atoms with Gasteiger partial charge in [-0.1, -0.05) is 18.2 Å². The summed E-state index contributed by atoms with van der Waals surface area (Å²) >= 11 is 1.13. The third-order valence-corrected chi connectivity index (χ3v) is 4.96. The molecule has 26 heavy (non-hydrogen) atoms. The lowest BCUT2D eigenvalue weighted by Gasteiger charge is -2.10. The number of halogens is 4. The Balaban J connectivity index is 0.00000243. The van der Waals surface area contributed by atoms with Gasteiger partial charge in [0.1, 0.15) is 0 Å². The molecule has 0 spiro atoms. The zero-order chi connectivity index (χ0) is 17.9. The van der Waals surface area contributed by atoms with E-state index in [1.165, 1.54) is 23.6 Å². The van der Waals surface area contributed by atoms with Crippen LogP contribution in [0.1, 0.15) is 24.8 Å². The molecule has 1 aliphatic rings. The van der Waals surface area contributed by atoms with E-state index in [4.69, 9.17) is 0 Å². The number of hydrogen-bond donors (Lipinski definition) is 2. The molecule has 1 aromatic carbocycles. The van der Waals surface area contributed by atoms with Crippen LogP contribution in [-0.2, 0) is 11.0 Å². The van der Waals surface area contributed by atoms with Crippen molar-refractivity contribution in [2.45, 2.75) is 25.4 Å². The fraction of sp³-hybridized carbons (Fsp3) is 0.412. The van der Waals surface area contributed by atoms with Gasteiger partial charge in [0.15, 0.2) is 5.13 Å². The highest BCUT2D eigenvalue weighted by atomic mass is 35.5. The van der Waals surface area contributed by atoms with Crippen molar-refractivity contribution in [2.24, 2.45) is 5.92 Å². The van der Waals surface area contributed by atoms with Crippen molar-refractivity contribution >= 4 is 34.8 Å². The van der Waals surface area contributed by atoms with Crippen molar-refractivity contribution in [3.05, 3.63) is 35.2 Å². The molecule has 1 unspecified atom stereocenters. The number of benzene rings is 1. The molecule has 1 fully saturated rings. The molecule has 2 aromatic rings. The molecule has 0 saturated carbocycles. The van der Waals surface area contributed by atoms with E-state index in [0.717, 1.165) is 43.3 Å². The highest BCUT2D eigenvalue weighted by Gasteiger charge is 2.33. The minimum atomic E-state index is -4.45. The Morgan fingerprint density at radius 3 is 2.81 bits per heavy atom. The zero-order valence-electron chi connectivity index (χ0n) is 13.8. The number of aromatic nitrogens is 1. The van der Waals surface area contributed by atoms with Crippen LogP contribution in [-0.4, -0.2) is 24.0 Å². The molecular formula is C17H19ClF3N3OS. The maximum absolute atomic E-state index is 13.1. The van der Waals surface area contributed by atoms with Gasteiger partial charge in [-0.05, 0) is 37.9 Å². The van der Waals surface area contributed by atoms with E-state index < -0.39 is 11.7 Å². The number of anilines is 1. The average molecular weight is 406 g/mol. The number of thiazole rings is 1. The van der Waals surface area contributed by atoms with Gasteiger partial charge in [-0.15, -0.1) is 23.7 Å². The smallest absolute Gasteiger partial charge is 0.316 e. The largest absolute Gasteiger partial charge is 0.417 e. The van der Waals surface area contributed by atoms with Gasteiger partial charge in [0.2, 0.25) is 5.91 Å². The van der Waals surface area contributed by atoms with Crippen molar-refractivity contribution in [3.63, 3.8) is 0 Å². The van der Waals surface area contributed by atoms with Crippen LogP contribution in [0.5, 0.6) is 0 Å². The molecule has 2 heterocycles. The van der Waals surface area contributed by atoms with Crippen LogP contribution in [0.25, 0.3) is 11.3 Å². The average Bonchev–Trinajstić information content (AvgIpc) is 3.24. The Labute approximate surface area is 159 Å². The first-order chi connectivity index (χ1) is 11.9. The normalized spacial score (nSPS) is 17.0. The SMILES string of the molecule is Cl.O=C(CCC1CCNC1)Nc1nc(-c2ccccc2C(F)(F)F)cs1. The van der Waals surface area contributed by atoms with Gasteiger partial charge in [-0.2, -0.15) is 13.2 Å². The summed E-state index contributed by atoms with van der Waals surface area (Å²) in [5.74, 6) is 0.355. The molecule has 1 atom stereocenters. The summed E-state index contributed by atoms with van der Waals surface area (Å²) in [6, 6.07) is 5.30. The summed E-state index contributed by atoms with van der Waals surface area (Å²) in [5.41, 5.74) is -0.496. The predicted octanol–water partition coefficient (Wildman–Crippen LogP) is 4.58.